The van der Waals surface area contributed by atoms with Crippen LogP contribution in [0, 0.1) is 6.92 Å². The Morgan fingerprint density at radius 1 is 1.03 bits per heavy atom. The highest BCUT2D eigenvalue weighted by molar-refractivity contribution is 7.92. The zero-order chi connectivity index (χ0) is 24.0. The molecule has 0 aliphatic rings. The standard InChI is InChI=1S/C24H31N3O4S2/c1-5-26(6-2)15-16-27(22(28)17-33(29,30)19-13-11-18(4)12-14-19)24-25-23-20(31-7-3)9-8-10-21(23)32-24/h8-14H,5-7,15-17H2,1-4H3. The van der Waals surface area contributed by atoms with Crippen molar-refractivity contribution in [3.63, 3.8) is 0 Å². The maximum absolute atomic E-state index is 13.3. The third kappa shape index (κ3) is 6.10. The minimum Gasteiger partial charge on any atom is -0.492 e. The third-order valence-electron chi connectivity index (χ3n) is 5.43. The number of likely N-dealkylation sites (N-methyl/N-ethyl adjacent to an activating group) is 1. The first-order chi connectivity index (χ1) is 15.8. The van der Waals surface area contributed by atoms with Crippen molar-refractivity contribution >= 4 is 42.4 Å². The smallest absolute Gasteiger partial charge is 0.244 e. The lowest BCUT2D eigenvalue weighted by atomic mass is 10.2. The molecule has 178 valence electrons. The van der Waals surface area contributed by atoms with Gasteiger partial charge < -0.3 is 9.64 Å². The summed E-state index contributed by atoms with van der Waals surface area (Å²) in [6.45, 7) is 11.1. The molecule has 1 amide bonds. The van der Waals surface area contributed by atoms with E-state index in [4.69, 9.17) is 4.74 Å². The van der Waals surface area contributed by atoms with E-state index >= 15 is 0 Å². The number of ether oxygens (including phenoxy) is 1. The van der Waals surface area contributed by atoms with E-state index in [9.17, 15) is 13.2 Å². The Labute approximate surface area is 199 Å². The minimum absolute atomic E-state index is 0.146. The molecule has 3 aromatic rings. The molecular weight excluding hydrogens is 458 g/mol. The first kappa shape index (κ1) is 25.1. The summed E-state index contributed by atoms with van der Waals surface area (Å²) in [4.78, 5) is 21.9. The number of benzene rings is 2. The molecule has 0 fully saturated rings. The monoisotopic (exact) mass is 489 g/mol. The Morgan fingerprint density at radius 3 is 2.36 bits per heavy atom. The zero-order valence-corrected chi connectivity index (χ0v) is 21.2. The number of hydrogen-bond donors (Lipinski definition) is 0. The number of amides is 1. The lowest BCUT2D eigenvalue weighted by Crippen LogP contribution is -2.41. The number of hydrogen-bond acceptors (Lipinski definition) is 7. The van der Waals surface area contributed by atoms with E-state index in [1.807, 2.05) is 32.0 Å². The van der Waals surface area contributed by atoms with Crippen molar-refractivity contribution in [3.8, 4) is 5.75 Å². The molecule has 2 aromatic carbocycles. The molecule has 0 radical (unpaired) electrons. The van der Waals surface area contributed by atoms with E-state index < -0.39 is 21.5 Å². The molecule has 9 heteroatoms. The SMILES string of the molecule is CCOc1cccc2sc(N(CCN(CC)CC)C(=O)CS(=O)(=O)c3ccc(C)cc3)nc12. The van der Waals surface area contributed by atoms with Crippen molar-refractivity contribution in [2.24, 2.45) is 0 Å². The Morgan fingerprint density at radius 2 is 1.73 bits per heavy atom. The summed E-state index contributed by atoms with van der Waals surface area (Å²) in [6, 6.07) is 12.2. The van der Waals surface area contributed by atoms with Crippen molar-refractivity contribution < 1.29 is 17.9 Å². The fourth-order valence-corrected chi connectivity index (χ4v) is 5.70. The Hall–Kier alpha value is -2.49. The normalized spacial score (nSPS) is 11.8. The zero-order valence-electron chi connectivity index (χ0n) is 19.6. The van der Waals surface area contributed by atoms with Gasteiger partial charge in [0.1, 0.15) is 17.0 Å². The van der Waals surface area contributed by atoms with Gasteiger partial charge in [-0.1, -0.05) is 48.9 Å². The van der Waals surface area contributed by atoms with Crippen molar-refractivity contribution in [1.29, 1.82) is 0 Å². The van der Waals surface area contributed by atoms with Crippen LogP contribution >= 0.6 is 11.3 Å². The molecule has 0 aliphatic heterocycles. The predicted molar refractivity (Wildman–Crippen MR) is 134 cm³/mol. The number of aromatic nitrogens is 1. The van der Waals surface area contributed by atoms with E-state index in [-0.39, 0.29) is 4.90 Å². The summed E-state index contributed by atoms with van der Waals surface area (Å²) in [5.41, 5.74) is 1.64. The number of sulfone groups is 1. The van der Waals surface area contributed by atoms with Crippen LogP contribution in [0.25, 0.3) is 10.2 Å². The molecule has 0 saturated heterocycles. The van der Waals surface area contributed by atoms with Crippen molar-refractivity contribution in [3.05, 3.63) is 48.0 Å². The second-order valence-electron chi connectivity index (χ2n) is 7.68. The molecule has 1 aromatic heterocycles. The number of fused-ring (bicyclic) bond motifs is 1. The van der Waals surface area contributed by atoms with E-state index in [1.54, 1.807) is 24.3 Å². The summed E-state index contributed by atoms with van der Waals surface area (Å²) in [5.74, 6) is -0.441. The molecule has 0 spiro atoms. The molecule has 0 N–H and O–H groups in total. The fraction of sp³-hybridized carbons (Fsp3) is 0.417. The Kier molecular flexibility index (Phi) is 8.45. The topological polar surface area (TPSA) is 79.8 Å². The largest absolute Gasteiger partial charge is 0.492 e. The van der Waals surface area contributed by atoms with Crippen LogP contribution in [0.3, 0.4) is 0 Å². The molecule has 1 heterocycles. The van der Waals surface area contributed by atoms with Crippen LogP contribution in [-0.2, 0) is 14.6 Å². The molecule has 0 aliphatic carbocycles. The highest BCUT2D eigenvalue weighted by Gasteiger charge is 2.27. The van der Waals surface area contributed by atoms with Crippen molar-refractivity contribution in [2.75, 3.05) is 43.4 Å². The number of rotatable bonds is 11. The number of aryl methyl sites for hydroxylation is 1. The van der Waals surface area contributed by atoms with Crippen LogP contribution in [0.5, 0.6) is 5.75 Å². The third-order valence-corrected chi connectivity index (χ3v) is 8.09. The average Bonchev–Trinajstić information content (AvgIpc) is 3.22. The van der Waals surface area contributed by atoms with Gasteiger partial charge in [0.05, 0.1) is 16.2 Å². The second-order valence-corrected chi connectivity index (χ2v) is 10.7. The first-order valence-corrected chi connectivity index (χ1v) is 13.6. The molecule has 0 atom stereocenters. The molecule has 0 saturated carbocycles. The number of thiazole rings is 1. The summed E-state index contributed by atoms with van der Waals surface area (Å²) in [7, 11) is -3.78. The number of carbonyl (C=O) groups is 1. The van der Waals surface area contributed by atoms with E-state index in [1.165, 1.54) is 16.2 Å². The van der Waals surface area contributed by atoms with Crippen LogP contribution in [0.4, 0.5) is 5.13 Å². The van der Waals surface area contributed by atoms with Gasteiger partial charge in [-0.25, -0.2) is 13.4 Å². The van der Waals surface area contributed by atoms with Crippen molar-refractivity contribution in [2.45, 2.75) is 32.6 Å². The highest BCUT2D eigenvalue weighted by Crippen LogP contribution is 2.34. The highest BCUT2D eigenvalue weighted by atomic mass is 32.2. The fourth-order valence-electron chi connectivity index (χ4n) is 3.48. The van der Waals surface area contributed by atoms with Gasteiger partial charge in [0.15, 0.2) is 15.0 Å². The van der Waals surface area contributed by atoms with Gasteiger partial charge in [-0.05, 0) is 51.2 Å². The van der Waals surface area contributed by atoms with Gasteiger partial charge in [-0.3, -0.25) is 9.69 Å². The van der Waals surface area contributed by atoms with E-state index in [0.717, 1.165) is 23.4 Å². The van der Waals surface area contributed by atoms with Gasteiger partial charge >= 0.3 is 0 Å². The molecular formula is C24H31N3O4S2. The van der Waals surface area contributed by atoms with Crippen LogP contribution in [0.15, 0.2) is 47.4 Å². The lowest BCUT2D eigenvalue weighted by molar-refractivity contribution is -0.116. The van der Waals surface area contributed by atoms with Crippen LogP contribution < -0.4 is 9.64 Å². The van der Waals surface area contributed by atoms with Crippen LogP contribution in [0.2, 0.25) is 0 Å². The molecule has 3 rings (SSSR count). The van der Waals surface area contributed by atoms with E-state index in [0.29, 0.717) is 36.1 Å². The molecule has 0 bridgehead atoms. The second kappa shape index (κ2) is 11.1. The maximum atomic E-state index is 13.3. The number of carbonyl (C=O) groups excluding carboxylic acids is 1. The van der Waals surface area contributed by atoms with Gasteiger partial charge in [0, 0.05) is 13.1 Å². The summed E-state index contributed by atoms with van der Waals surface area (Å²) in [6.07, 6.45) is 0. The van der Waals surface area contributed by atoms with Crippen LogP contribution in [0.1, 0.15) is 26.3 Å². The lowest BCUT2D eigenvalue weighted by Gasteiger charge is -2.24. The molecule has 0 unspecified atom stereocenters. The first-order valence-electron chi connectivity index (χ1n) is 11.1. The number of para-hydroxylation sites is 1. The number of anilines is 1. The van der Waals surface area contributed by atoms with Gasteiger partial charge in [0.2, 0.25) is 5.91 Å². The average molecular weight is 490 g/mol. The van der Waals surface area contributed by atoms with Crippen LogP contribution in [-0.4, -0.2) is 62.7 Å². The Balaban J connectivity index is 1.93. The van der Waals surface area contributed by atoms with Crippen molar-refractivity contribution in [1.82, 2.24) is 9.88 Å². The predicted octanol–water partition coefficient (Wildman–Crippen LogP) is 4.15. The van der Waals surface area contributed by atoms with E-state index in [2.05, 4.69) is 23.7 Å². The summed E-state index contributed by atoms with van der Waals surface area (Å²) < 4.78 is 32.5. The van der Waals surface area contributed by atoms with Gasteiger partial charge in [-0.15, -0.1) is 0 Å². The van der Waals surface area contributed by atoms with Gasteiger partial charge in [-0.2, -0.15) is 0 Å². The minimum atomic E-state index is -3.78. The Bertz CT molecular complexity index is 1190. The molecule has 33 heavy (non-hydrogen) atoms. The summed E-state index contributed by atoms with van der Waals surface area (Å²) >= 11 is 1.37. The maximum Gasteiger partial charge on any atom is 0.244 e. The molecule has 7 nitrogen and oxygen atoms in total. The quantitative estimate of drug-likeness (QED) is 0.403. The van der Waals surface area contributed by atoms with Gasteiger partial charge in [0.25, 0.3) is 0 Å². The summed E-state index contributed by atoms with van der Waals surface area (Å²) in [5, 5.41) is 0.480. The number of nitrogens with zero attached hydrogens (tertiary/aromatic N) is 3.